The number of fused-ring (bicyclic) bond motifs is 1. The molecular formula is C16H17F5O2S. The number of hydrogen-bond donors (Lipinski definition) is 1. The van der Waals surface area contributed by atoms with Crippen LogP contribution in [-0.2, 0) is 16.9 Å². The molecule has 2 unspecified atom stereocenters. The fraction of sp³-hybridized carbons (Fsp3) is 0.625. The molecule has 3 rings (SSSR count). The molecule has 24 heavy (non-hydrogen) atoms. The summed E-state index contributed by atoms with van der Waals surface area (Å²) in [7, 11) is 0. The molecule has 0 aromatic heterocycles. The zero-order valence-electron chi connectivity index (χ0n) is 12.9. The van der Waals surface area contributed by atoms with Crippen molar-refractivity contribution in [1.29, 1.82) is 0 Å². The molecule has 2 nitrogen and oxygen atoms in total. The van der Waals surface area contributed by atoms with Crippen molar-refractivity contribution in [2.24, 2.45) is 5.92 Å². The standard InChI is InChI=1S/C16H17F5O2S/c1-9(10-4-2-5-10)23-15(22)13-11(8-14(15,17)18)6-3-7-12(13)24-16(19,20)21/h3,6-7,9-10,22H,2,4-5,8H2,1H3. The predicted molar refractivity (Wildman–Crippen MR) is 78.8 cm³/mol. The van der Waals surface area contributed by atoms with Crippen molar-refractivity contribution >= 4 is 11.8 Å². The fourth-order valence-electron chi connectivity index (χ4n) is 3.28. The molecule has 1 aromatic rings. The highest BCUT2D eigenvalue weighted by molar-refractivity contribution is 8.00. The van der Waals surface area contributed by atoms with Crippen LogP contribution in [0.15, 0.2) is 23.1 Å². The third-order valence-electron chi connectivity index (χ3n) is 4.76. The first-order valence-electron chi connectivity index (χ1n) is 7.69. The van der Waals surface area contributed by atoms with Gasteiger partial charge in [0.15, 0.2) is 0 Å². The van der Waals surface area contributed by atoms with Gasteiger partial charge in [0, 0.05) is 16.9 Å². The van der Waals surface area contributed by atoms with Gasteiger partial charge in [-0.2, -0.15) is 22.0 Å². The van der Waals surface area contributed by atoms with Crippen LogP contribution < -0.4 is 0 Å². The second-order valence-electron chi connectivity index (χ2n) is 6.38. The lowest BCUT2D eigenvalue weighted by molar-refractivity contribution is -0.340. The molecule has 0 radical (unpaired) electrons. The third-order valence-corrected chi connectivity index (χ3v) is 5.55. The van der Waals surface area contributed by atoms with E-state index in [-0.39, 0.29) is 11.5 Å². The summed E-state index contributed by atoms with van der Waals surface area (Å²) in [6, 6.07) is 3.67. The van der Waals surface area contributed by atoms with E-state index in [2.05, 4.69) is 0 Å². The molecule has 1 fully saturated rings. The van der Waals surface area contributed by atoms with Gasteiger partial charge in [-0.25, -0.2) is 0 Å². The molecular weight excluding hydrogens is 351 g/mol. The van der Waals surface area contributed by atoms with Gasteiger partial charge >= 0.3 is 11.4 Å². The number of ether oxygens (including phenoxy) is 1. The summed E-state index contributed by atoms with van der Waals surface area (Å²) < 4.78 is 72.6. The summed E-state index contributed by atoms with van der Waals surface area (Å²) in [5.41, 5.74) is -5.12. The molecule has 1 saturated carbocycles. The molecule has 2 aliphatic rings. The van der Waals surface area contributed by atoms with Crippen LogP contribution in [0, 0.1) is 5.92 Å². The average Bonchev–Trinajstić information content (AvgIpc) is 2.52. The SMILES string of the molecule is CC(OC1(O)c2c(cccc2SC(F)(F)F)CC1(F)F)C1CCC1. The van der Waals surface area contributed by atoms with Crippen LogP contribution in [0.1, 0.15) is 37.3 Å². The van der Waals surface area contributed by atoms with E-state index < -0.39 is 52.0 Å². The number of halogens is 5. The Morgan fingerprint density at radius 2 is 1.96 bits per heavy atom. The van der Waals surface area contributed by atoms with Crippen molar-refractivity contribution < 1.29 is 31.8 Å². The maximum Gasteiger partial charge on any atom is 0.446 e. The first kappa shape index (κ1) is 17.9. The number of rotatable bonds is 4. The van der Waals surface area contributed by atoms with Crippen LogP contribution in [-0.4, -0.2) is 22.6 Å². The van der Waals surface area contributed by atoms with Gasteiger partial charge in [-0.3, -0.25) is 0 Å². The van der Waals surface area contributed by atoms with Crippen molar-refractivity contribution in [1.82, 2.24) is 0 Å². The maximum atomic E-state index is 14.5. The van der Waals surface area contributed by atoms with Crippen LogP contribution in [0.4, 0.5) is 22.0 Å². The molecule has 8 heteroatoms. The van der Waals surface area contributed by atoms with Gasteiger partial charge in [-0.15, -0.1) is 0 Å². The molecule has 0 aliphatic heterocycles. The summed E-state index contributed by atoms with van der Waals surface area (Å²) >= 11 is -0.509. The Labute approximate surface area is 140 Å². The monoisotopic (exact) mass is 368 g/mol. The normalized spacial score (nSPS) is 27.6. The molecule has 0 saturated heterocycles. The number of thioether (sulfide) groups is 1. The van der Waals surface area contributed by atoms with Crippen molar-refractivity contribution in [3.63, 3.8) is 0 Å². The fourth-order valence-corrected chi connectivity index (χ4v) is 4.05. The van der Waals surface area contributed by atoms with Crippen molar-refractivity contribution in [3.05, 3.63) is 29.3 Å². The molecule has 1 N–H and O–H groups in total. The average molecular weight is 368 g/mol. The van der Waals surface area contributed by atoms with Crippen molar-refractivity contribution in [3.8, 4) is 0 Å². The molecule has 2 atom stereocenters. The van der Waals surface area contributed by atoms with Gasteiger partial charge in [0.2, 0.25) is 0 Å². The number of alkyl halides is 5. The Hall–Kier alpha value is -0.860. The number of hydrogen-bond acceptors (Lipinski definition) is 3. The van der Waals surface area contributed by atoms with Crippen LogP contribution in [0.25, 0.3) is 0 Å². The molecule has 0 spiro atoms. The smallest absolute Gasteiger partial charge is 0.357 e. The highest BCUT2D eigenvalue weighted by atomic mass is 32.2. The minimum atomic E-state index is -4.65. The summed E-state index contributed by atoms with van der Waals surface area (Å²) in [5, 5.41) is 10.6. The van der Waals surface area contributed by atoms with Gasteiger partial charge in [0.1, 0.15) is 0 Å². The van der Waals surface area contributed by atoms with Gasteiger partial charge < -0.3 is 9.84 Å². The van der Waals surface area contributed by atoms with E-state index in [4.69, 9.17) is 4.74 Å². The van der Waals surface area contributed by atoms with Crippen molar-refractivity contribution in [2.45, 2.75) is 60.8 Å². The highest BCUT2D eigenvalue weighted by Gasteiger charge is 2.63. The lowest BCUT2D eigenvalue weighted by Gasteiger charge is -2.39. The Kier molecular flexibility index (Phi) is 4.37. The van der Waals surface area contributed by atoms with E-state index in [0.29, 0.717) is 0 Å². The van der Waals surface area contributed by atoms with Crippen LogP contribution in [0.5, 0.6) is 0 Å². The van der Waals surface area contributed by atoms with Crippen LogP contribution >= 0.6 is 11.8 Å². The Balaban J connectivity index is 2.00. The van der Waals surface area contributed by atoms with E-state index in [1.807, 2.05) is 0 Å². The molecule has 0 bridgehead atoms. The van der Waals surface area contributed by atoms with E-state index in [0.717, 1.165) is 25.3 Å². The van der Waals surface area contributed by atoms with Gasteiger partial charge in [0.25, 0.3) is 5.79 Å². The molecule has 2 aliphatic carbocycles. The second-order valence-corrected chi connectivity index (χ2v) is 7.48. The van der Waals surface area contributed by atoms with Gasteiger partial charge in [0.05, 0.1) is 6.10 Å². The number of aliphatic hydroxyl groups is 1. The first-order valence-corrected chi connectivity index (χ1v) is 8.51. The largest absolute Gasteiger partial charge is 0.446 e. The second kappa shape index (κ2) is 5.85. The van der Waals surface area contributed by atoms with Gasteiger partial charge in [-0.1, -0.05) is 18.6 Å². The first-order chi connectivity index (χ1) is 11.0. The minimum absolute atomic E-state index is 0.0161. The quantitative estimate of drug-likeness (QED) is 0.468. The van der Waals surface area contributed by atoms with E-state index in [1.165, 1.54) is 12.1 Å². The summed E-state index contributed by atoms with van der Waals surface area (Å²) in [4.78, 5) is -0.444. The lowest BCUT2D eigenvalue weighted by atomic mass is 9.81. The molecule has 0 amide bonds. The Morgan fingerprint density at radius 3 is 2.50 bits per heavy atom. The van der Waals surface area contributed by atoms with E-state index in [9.17, 15) is 27.1 Å². The highest BCUT2D eigenvalue weighted by Crippen LogP contribution is 2.54. The zero-order chi connectivity index (χ0) is 17.8. The third kappa shape index (κ3) is 3.04. The molecule has 1 aromatic carbocycles. The van der Waals surface area contributed by atoms with Crippen LogP contribution in [0.3, 0.4) is 0 Å². The van der Waals surface area contributed by atoms with Crippen molar-refractivity contribution in [2.75, 3.05) is 0 Å². The Morgan fingerprint density at radius 1 is 1.29 bits per heavy atom. The minimum Gasteiger partial charge on any atom is -0.357 e. The van der Waals surface area contributed by atoms with Crippen LogP contribution in [0.2, 0.25) is 0 Å². The maximum absolute atomic E-state index is 14.5. The number of benzene rings is 1. The summed E-state index contributed by atoms with van der Waals surface area (Å²) in [6.07, 6.45) is 1.05. The topological polar surface area (TPSA) is 29.5 Å². The summed E-state index contributed by atoms with van der Waals surface area (Å²) in [6.45, 7) is 1.58. The Bertz CT molecular complexity index is 629. The lowest BCUT2D eigenvalue weighted by Crippen LogP contribution is -2.48. The van der Waals surface area contributed by atoms with E-state index in [1.54, 1.807) is 6.92 Å². The van der Waals surface area contributed by atoms with E-state index >= 15 is 0 Å². The van der Waals surface area contributed by atoms with Gasteiger partial charge in [-0.05, 0) is 49.1 Å². The zero-order valence-corrected chi connectivity index (χ0v) is 13.7. The molecule has 0 heterocycles. The predicted octanol–water partition coefficient (Wildman–Crippen LogP) is 4.84. The molecule has 134 valence electrons. The summed E-state index contributed by atoms with van der Waals surface area (Å²) in [5.74, 6) is -6.68.